The number of fused-ring (bicyclic) bond motifs is 1. The molecule has 0 aliphatic heterocycles. The van der Waals surface area contributed by atoms with E-state index in [1.807, 2.05) is 49.2 Å². The van der Waals surface area contributed by atoms with Gasteiger partial charge in [0.05, 0.1) is 33.4 Å². The maximum Gasteiger partial charge on any atom is 0.238 e. The van der Waals surface area contributed by atoms with Crippen molar-refractivity contribution in [3.05, 3.63) is 58.1 Å². The molecule has 1 aromatic heterocycles. The minimum absolute atomic E-state index is 0.0164. The Balaban J connectivity index is 1.64. The number of nitrogens with zero attached hydrogens (tertiary/aromatic N) is 3. The van der Waals surface area contributed by atoms with Gasteiger partial charge in [0.1, 0.15) is 11.1 Å². The van der Waals surface area contributed by atoms with E-state index >= 15 is 0 Å². The van der Waals surface area contributed by atoms with Crippen molar-refractivity contribution >= 4 is 44.7 Å². The Morgan fingerprint density at radius 3 is 2.85 bits per heavy atom. The molecule has 5 nitrogen and oxygen atoms in total. The third-order valence-corrected chi connectivity index (χ3v) is 5.61. The van der Waals surface area contributed by atoms with Crippen molar-refractivity contribution in [2.75, 3.05) is 18.9 Å². The number of para-hydroxylation sites is 1. The number of hydrogen-bond donors (Lipinski definition) is 1. The molecule has 1 atom stereocenters. The zero-order chi connectivity index (χ0) is 18.7. The van der Waals surface area contributed by atoms with E-state index < -0.39 is 0 Å². The van der Waals surface area contributed by atoms with Gasteiger partial charge in [-0.15, -0.1) is 11.3 Å². The van der Waals surface area contributed by atoms with Crippen LogP contribution in [0.5, 0.6) is 0 Å². The Kier molecular flexibility index (Phi) is 5.52. The summed E-state index contributed by atoms with van der Waals surface area (Å²) in [6.07, 6.45) is 0. The minimum atomic E-state index is -0.152. The molecule has 0 saturated carbocycles. The summed E-state index contributed by atoms with van der Waals surface area (Å²) in [5.41, 5.74) is 1.93. The summed E-state index contributed by atoms with van der Waals surface area (Å²) in [6, 6.07) is 14.8. The number of nitrogens with one attached hydrogen (secondary N) is 1. The average Bonchev–Trinajstić information content (AvgIpc) is 3.05. The van der Waals surface area contributed by atoms with Crippen LogP contribution < -0.4 is 5.32 Å². The third-order valence-electron chi connectivity index (χ3n) is 4.10. The van der Waals surface area contributed by atoms with Gasteiger partial charge in [0.15, 0.2) is 0 Å². The molecule has 0 unspecified atom stereocenters. The van der Waals surface area contributed by atoms with Gasteiger partial charge in [-0.2, -0.15) is 5.26 Å². The fraction of sp³-hybridized carbons (Fsp3) is 0.211. The van der Waals surface area contributed by atoms with E-state index in [4.69, 9.17) is 16.9 Å². The zero-order valence-electron chi connectivity index (χ0n) is 14.4. The van der Waals surface area contributed by atoms with Gasteiger partial charge in [-0.1, -0.05) is 23.7 Å². The fourth-order valence-corrected chi connectivity index (χ4v) is 3.81. The van der Waals surface area contributed by atoms with E-state index in [2.05, 4.69) is 10.3 Å². The van der Waals surface area contributed by atoms with Crippen LogP contribution in [0.4, 0.5) is 5.69 Å². The van der Waals surface area contributed by atoms with E-state index in [1.165, 1.54) is 0 Å². The number of nitriles is 1. The topological polar surface area (TPSA) is 69.0 Å². The number of hydrogen-bond acceptors (Lipinski definition) is 5. The van der Waals surface area contributed by atoms with E-state index in [0.717, 1.165) is 15.2 Å². The Morgan fingerprint density at radius 1 is 1.38 bits per heavy atom. The van der Waals surface area contributed by atoms with E-state index in [0.29, 0.717) is 16.3 Å². The van der Waals surface area contributed by atoms with Crippen LogP contribution in [0.25, 0.3) is 10.2 Å². The summed E-state index contributed by atoms with van der Waals surface area (Å²) in [5.74, 6) is -0.152. The highest BCUT2D eigenvalue weighted by Crippen LogP contribution is 2.28. The normalized spacial score (nSPS) is 12.1. The van der Waals surface area contributed by atoms with Crippen molar-refractivity contribution in [3.8, 4) is 6.07 Å². The van der Waals surface area contributed by atoms with Gasteiger partial charge < -0.3 is 5.32 Å². The van der Waals surface area contributed by atoms with Crippen molar-refractivity contribution in [2.45, 2.75) is 13.0 Å². The van der Waals surface area contributed by atoms with Crippen molar-refractivity contribution in [2.24, 2.45) is 0 Å². The number of halogens is 1. The van der Waals surface area contributed by atoms with E-state index in [9.17, 15) is 4.79 Å². The second kappa shape index (κ2) is 7.83. The highest BCUT2D eigenvalue weighted by molar-refractivity contribution is 7.18. The highest BCUT2D eigenvalue weighted by atomic mass is 35.5. The van der Waals surface area contributed by atoms with Crippen molar-refractivity contribution < 1.29 is 4.79 Å². The molecule has 1 amide bonds. The second-order valence-electron chi connectivity index (χ2n) is 5.97. The molecule has 132 valence electrons. The smallest absolute Gasteiger partial charge is 0.238 e. The molecule has 0 fully saturated rings. The summed E-state index contributed by atoms with van der Waals surface area (Å²) >= 11 is 7.64. The first kappa shape index (κ1) is 18.3. The minimum Gasteiger partial charge on any atom is -0.325 e. The summed E-state index contributed by atoms with van der Waals surface area (Å²) in [5, 5.41) is 13.0. The first-order valence-electron chi connectivity index (χ1n) is 8.03. The molecular formula is C19H17ClN4OS. The molecule has 0 aliphatic rings. The van der Waals surface area contributed by atoms with Gasteiger partial charge in [0.2, 0.25) is 5.91 Å². The summed E-state index contributed by atoms with van der Waals surface area (Å²) in [4.78, 5) is 18.9. The Bertz CT molecular complexity index is 962. The molecule has 7 heteroatoms. The van der Waals surface area contributed by atoms with Crippen LogP contribution >= 0.6 is 22.9 Å². The van der Waals surface area contributed by atoms with Crippen LogP contribution in [0.1, 0.15) is 23.5 Å². The van der Waals surface area contributed by atoms with Crippen molar-refractivity contribution in [1.82, 2.24) is 9.88 Å². The zero-order valence-corrected chi connectivity index (χ0v) is 15.9. The van der Waals surface area contributed by atoms with Crippen LogP contribution in [0.2, 0.25) is 5.02 Å². The number of carbonyl (C=O) groups excluding carboxylic acids is 1. The fourth-order valence-electron chi connectivity index (χ4n) is 2.50. The Labute approximate surface area is 160 Å². The lowest BCUT2D eigenvalue weighted by molar-refractivity contribution is -0.117. The predicted molar refractivity (Wildman–Crippen MR) is 105 cm³/mol. The number of thiazole rings is 1. The monoisotopic (exact) mass is 384 g/mol. The first-order valence-corrected chi connectivity index (χ1v) is 9.22. The number of rotatable bonds is 5. The Morgan fingerprint density at radius 2 is 2.15 bits per heavy atom. The quantitative estimate of drug-likeness (QED) is 0.705. The van der Waals surface area contributed by atoms with Gasteiger partial charge >= 0.3 is 0 Å². The largest absolute Gasteiger partial charge is 0.325 e. The number of likely N-dealkylation sites (N-methyl/N-ethyl adjacent to an activating group) is 1. The number of anilines is 1. The maximum absolute atomic E-state index is 12.3. The highest BCUT2D eigenvalue weighted by Gasteiger charge is 2.18. The first-order chi connectivity index (χ1) is 12.5. The molecule has 0 radical (unpaired) electrons. The van der Waals surface area contributed by atoms with Crippen LogP contribution in [0.15, 0.2) is 42.5 Å². The van der Waals surface area contributed by atoms with Crippen LogP contribution in [0.3, 0.4) is 0 Å². The van der Waals surface area contributed by atoms with Gasteiger partial charge in [0, 0.05) is 5.69 Å². The predicted octanol–water partition coefficient (Wildman–Crippen LogP) is 4.45. The summed E-state index contributed by atoms with van der Waals surface area (Å²) in [6.45, 7) is 2.25. The molecule has 3 rings (SSSR count). The van der Waals surface area contributed by atoms with Crippen LogP contribution in [-0.4, -0.2) is 29.4 Å². The molecule has 2 aromatic carbocycles. The summed E-state index contributed by atoms with van der Waals surface area (Å²) in [7, 11) is 1.89. The molecule has 0 bridgehead atoms. The van der Waals surface area contributed by atoms with E-state index in [-0.39, 0.29) is 18.5 Å². The van der Waals surface area contributed by atoms with Gasteiger partial charge in [0.25, 0.3) is 0 Å². The van der Waals surface area contributed by atoms with Crippen LogP contribution in [-0.2, 0) is 4.79 Å². The molecule has 0 saturated heterocycles. The summed E-state index contributed by atoms with van der Waals surface area (Å²) < 4.78 is 1.14. The molecule has 1 N–H and O–H groups in total. The molecule has 3 aromatic rings. The standard InChI is InChI=1S/C19H17ClN4OS/c1-12(19-23-16-5-3-4-6-17(16)26-19)24(2)11-18(25)22-14-8-7-13(10-21)15(20)9-14/h3-9,12H,11H2,1-2H3,(H,22,25)/t12-/m0/s1. The molecule has 1 heterocycles. The molecular weight excluding hydrogens is 368 g/mol. The SMILES string of the molecule is C[C@@H](c1nc2ccccc2s1)N(C)CC(=O)Nc1ccc(C#N)c(Cl)c1. The molecule has 26 heavy (non-hydrogen) atoms. The number of aromatic nitrogens is 1. The number of carbonyl (C=O) groups is 1. The van der Waals surface area contributed by atoms with Gasteiger partial charge in [-0.3, -0.25) is 9.69 Å². The second-order valence-corrected chi connectivity index (χ2v) is 7.43. The van der Waals surface area contributed by atoms with Crippen molar-refractivity contribution in [3.63, 3.8) is 0 Å². The number of benzene rings is 2. The third kappa shape index (κ3) is 4.02. The molecule has 0 spiro atoms. The van der Waals surface area contributed by atoms with Gasteiger partial charge in [-0.05, 0) is 44.3 Å². The average molecular weight is 385 g/mol. The molecule has 0 aliphatic carbocycles. The lowest BCUT2D eigenvalue weighted by atomic mass is 10.2. The maximum atomic E-state index is 12.3. The lowest BCUT2D eigenvalue weighted by Crippen LogP contribution is -2.32. The Hall–Kier alpha value is -2.46. The lowest BCUT2D eigenvalue weighted by Gasteiger charge is -2.22. The van der Waals surface area contributed by atoms with E-state index in [1.54, 1.807) is 29.5 Å². The van der Waals surface area contributed by atoms with Crippen LogP contribution in [0, 0.1) is 11.3 Å². The van der Waals surface area contributed by atoms with Crippen molar-refractivity contribution in [1.29, 1.82) is 5.26 Å². The number of amides is 1. The van der Waals surface area contributed by atoms with Gasteiger partial charge in [-0.25, -0.2) is 4.98 Å².